The molecule has 1 fully saturated rings. The van der Waals surface area contributed by atoms with Crippen molar-refractivity contribution in [3.8, 4) is 0 Å². The van der Waals surface area contributed by atoms with Crippen LogP contribution in [0.5, 0.6) is 0 Å². The monoisotopic (exact) mass is 302 g/mol. The summed E-state index contributed by atoms with van der Waals surface area (Å²) in [7, 11) is 0. The molecule has 0 spiro atoms. The number of nitrogens with one attached hydrogen (secondary N) is 1. The molecule has 1 aliphatic carbocycles. The standard InChI is InChI=1S/C19H30N2O/c1-18(2,3)15-7-9-16(10-8-15)19(11-5-12-19)14-21-17(22)6-4-13-20/h7-10H,4-6,11-14,20H2,1-3H3,(H,21,22). The Morgan fingerprint density at radius 1 is 1.23 bits per heavy atom. The van der Waals surface area contributed by atoms with Gasteiger partial charge in [-0.25, -0.2) is 0 Å². The van der Waals surface area contributed by atoms with Crippen molar-refractivity contribution in [1.29, 1.82) is 0 Å². The van der Waals surface area contributed by atoms with Gasteiger partial charge < -0.3 is 11.1 Å². The molecular formula is C19H30N2O. The topological polar surface area (TPSA) is 55.1 Å². The fourth-order valence-corrected chi connectivity index (χ4v) is 3.11. The van der Waals surface area contributed by atoms with Gasteiger partial charge >= 0.3 is 0 Å². The molecule has 1 saturated carbocycles. The minimum Gasteiger partial charge on any atom is -0.355 e. The van der Waals surface area contributed by atoms with Crippen LogP contribution in [0.25, 0.3) is 0 Å². The van der Waals surface area contributed by atoms with Gasteiger partial charge in [0.2, 0.25) is 5.91 Å². The van der Waals surface area contributed by atoms with Crippen molar-refractivity contribution in [2.24, 2.45) is 5.73 Å². The van der Waals surface area contributed by atoms with E-state index >= 15 is 0 Å². The van der Waals surface area contributed by atoms with Crippen LogP contribution >= 0.6 is 0 Å². The van der Waals surface area contributed by atoms with E-state index in [0.29, 0.717) is 13.0 Å². The lowest BCUT2D eigenvalue weighted by molar-refractivity contribution is -0.121. The molecule has 3 N–H and O–H groups in total. The Hall–Kier alpha value is -1.35. The number of carbonyl (C=O) groups is 1. The van der Waals surface area contributed by atoms with Gasteiger partial charge in [0.05, 0.1) is 0 Å². The molecule has 1 aliphatic rings. The van der Waals surface area contributed by atoms with Crippen LogP contribution in [0.3, 0.4) is 0 Å². The minimum atomic E-state index is 0.128. The summed E-state index contributed by atoms with van der Waals surface area (Å²) in [5.74, 6) is 0.128. The fraction of sp³-hybridized carbons (Fsp3) is 0.632. The molecule has 0 aliphatic heterocycles. The second-order valence-electron chi connectivity index (χ2n) is 7.63. The van der Waals surface area contributed by atoms with Crippen molar-refractivity contribution < 1.29 is 4.79 Å². The van der Waals surface area contributed by atoms with Gasteiger partial charge in [-0.1, -0.05) is 51.5 Å². The van der Waals surface area contributed by atoms with Crippen molar-refractivity contribution >= 4 is 5.91 Å². The number of hydrogen-bond donors (Lipinski definition) is 2. The van der Waals surface area contributed by atoms with Crippen LogP contribution in [-0.2, 0) is 15.6 Å². The van der Waals surface area contributed by atoms with E-state index in [1.165, 1.54) is 30.4 Å². The molecule has 0 saturated heterocycles. The van der Waals surface area contributed by atoms with Gasteiger partial charge in [-0.05, 0) is 42.3 Å². The summed E-state index contributed by atoms with van der Waals surface area (Å²) < 4.78 is 0. The first-order valence-electron chi connectivity index (χ1n) is 8.45. The van der Waals surface area contributed by atoms with Crippen molar-refractivity contribution in [1.82, 2.24) is 5.32 Å². The predicted octanol–water partition coefficient (Wildman–Crippen LogP) is 3.26. The van der Waals surface area contributed by atoms with Gasteiger partial charge in [0, 0.05) is 18.4 Å². The molecule has 0 heterocycles. The lowest BCUT2D eigenvalue weighted by Crippen LogP contribution is -2.45. The number of benzene rings is 1. The normalized spacial score (nSPS) is 16.9. The smallest absolute Gasteiger partial charge is 0.220 e. The maximum absolute atomic E-state index is 11.8. The van der Waals surface area contributed by atoms with Crippen LogP contribution in [0.2, 0.25) is 0 Å². The first kappa shape index (κ1) is 17.0. The Labute approximate surface area is 134 Å². The highest BCUT2D eigenvalue weighted by Crippen LogP contribution is 2.43. The minimum absolute atomic E-state index is 0.128. The lowest BCUT2D eigenvalue weighted by Gasteiger charge is -2.43. The summed E-state index contributed by atoms with van der Waals surface area (Å²) in [6, 6.07) is 8.99. The SMILES string of the molecule is CC(C)(C)c1ccc(C2(CNC(=O)CCCN)CCC2)cc1. The lowest BCUT2D eigenvalue weighted by atomic mass is 9.64. The summed E-state index contributed by atoms with van der Waals surface area (Å²) in [5, 5.41) is 3.11. The van der Waals surface area contributed by atoms with E-state index in [2.05, 4.69) is 50.4 Å². The third-order valence-electron chi connectivity index (χ3n) is 4.91. The second kappa shape index (κ2) is 6.82. The second-order valence-corrected chi connectivity index (χ2v) is 7.63. The largest absolute Gasteiger partial charge is 0.355 e. The van der Waals surface area contributed by atoms with Crippen LogP contribution in [0.1, 0.15) is 64.0 Å². The van der Waals surface area contributed by atoms with E-state index < -0.39 is 0 Å². The number of carbonyl (C=O) groups excluding carboxylic acids is 1. The summed E-state index contributed by atoms with van der Waals surface area (Å²) >= 11 is 0. The first-order valence-corrected chi connectivity index (χ1v) is 8.45. The zero-order valence-electron chi connectivity index (χ0n) is 14.2. The number of amides is 1. The Bertz CT molecular complexity index is 495. The molecule has 3 nitrogen and oxygen atoms in total. The van der Waals surface area contributed by atoms with E-state index in [-0.39, 0.29) is 16.7 Å². The molecule has 0 atom stereocenters. The zero-order chi connectivity index (χ0) is 16.2. The van der Waals surface area contributed by atoms with E-state index in [4.69, 9.17) is 5.73 Å². The van der Waals surface area contributed by atoms with Crippen LogP contribution in [0, 0.1) is 0 Å². The maximum Gasteiger partial charge on any atom is 0.220 e. The molecule has 3 heteroatoms. The summed E-state index contributed by atoms with van der Waals surface area (Å²) in [6.45, 7) is 8.04. The first-order chi connectivity index (χ1) is 10.4. The van der Waals surface area contributed by atoms with Crippen molar-refractivity contribution in [3.05, 3.63) is 35.4 Å². The molecule has 0 unspecified atom stereocenters. The van der Waals surface area contributed by atoms with Crippen LogP contribution < -0.4 is 11.1 Å². The summed E-state index contributed by atoms with van der Waals surface area (Å²) in [4.78, 5) is 11.8. The Morgan fingerprint density at radius 2 is 1.86 bits per heavy atom. The number of rotatable bonds is 6. The highest BCUT2D eigenvalue weighted by Gasteiger charge is 2.38. The van der Waals surface area contributed by atoms with Gasteiger partial charge in [0.15, 0.2) is 0 Å². The third kappa shape index (κ3) is 3.89. The molecule has 1 aromatic rings. The van der Waals surface area contributed by atoms with E-state index in [1.54, 1.807) is 0 Å². The van der Waals surface area contributed by atoms with E-state index in [9.17, 15) is 4.79 Å². The quantitative estimate of drug-likeness (QED) is 0.847. The zero-order valence-corrected chi connectivity index (χ0v) is 14.2. The molecular weight excluding hydrogens is 272 g/mol. The van der Waals surface area contributed by atoms with E-state index in [1.807, 2.05) is 0 Å². The van der Waals surface area contributed by atoms with Gasteiger partial charge in [0.1, 0.15) is 0 Å². The Kier molecular flexibility index (Phi) is 5.28. The molecule has 1 amide bonds. The predicted molar refractivity (Wildman–Crippen MR) is 92.0 cm³/mol. The van der Waals surface area contributed by atoms with Crippen LogP contribution in [0.15, 0.2) is 24.3 Å². The molecule has 0 bridgehead atoms. The molecule has 0 radical (unpaired) electrons. The van der Waals surface area contributed by atoms with Gasteiger partial charge in [-0.3, -0.25) is 4.79 Å². The summed E-state index contributed by atoms with van der Waals surface area (Å²) in [5.41, 5.74) is 8.51. The van der Waals surface area contributed by atoms with Crippen molar-refractivity contribution in [3.63, 3.8) is 0 Å². The molecule has 22 heavy (non-hydrogen) atoms. The highest BCUT2D eigenvalue weighted by molar-refractivity contribution is 5.76. The maximum atomic E-state index is 11.8. The molecule has 122 valence electrons. The Morgan fingerprint density at radius 3 is 2.32 bits per heavy atom. The van der Waals surface area contributed by atoms with Crippen molar-refractivity contribution in [2.45, 2.75) is 63.7 Å². The average Bonchev–Trinajstić information content (AvgIpc) is 2.43. The van der Waals surface area contributed by atoms with Crippen LogP contribution in [-0.4, -0.2) is 19.0 Å². The number of nitrogens with two attached hydrogens (primary N) is 1. The van der Waals surface area contributed by atoms with Crippen LogP contribution in [0.4, 0.5) is 0 Å². The van der Waals surface area contributed by atoms with E-state index in [0.717, 1.165) is 13.0 Å². The van der Waals surface area contributed by atoms with Crippen molar-refractivity contribution in [2.75, 3.05) is 13.1 Å². The molecule has 1 aromatic carbocycles. The average molecular weight is 302 g/mol. The Balaban J connectivity index is 2.02. The number of hydrogen-bond acceptors (Lipinski definition) is 2. The van der Waals surface area contributed by atoms with Gasteiger partial charge in [-0.2, -0.15) is 0 Å². The van der Waals surface area contributed by atoms with Gasteiger partial charge in [0.25, 0.3) is 0 Å². The summed E-state index contributed by atoms with van der Waals surface area (Å²) in [6.07, 6.45) is 4.88. The molecule has 0 aromatic heterocycles. The fourth-order valence-electron chi connectivity index (χ4n) is 3.11. The van der Waals surface area contributed by atoms with Gasteiger partial charge in [-0.15, -0.1) is 0 Å². The highest BCUT2D eigenvalue weighted by atomic mass is 16.1. The molecule has 2 rings (SSSR count). The third-order valence-corrected chi connectivity index (χ3v) is 4.91.